The van der Waals surface area contributed by atoms with Crippen LogP contribution in [-0.2, 0) is 19.1 Å². The molecule has 0 spiro atoms. The average molecular weight is 413 g/mol. The summed E-state index contributed by atoms with van der Waals surface area (Å²) in [6.45, 7) is 2.30. The minimum absolute atomic E-state index is 0.0493. The van der Waals surface area contributed by atoms with Gasteiger partial charge in [-0.3, -0.25) is 19.3 Å². The van der Waals surface area contributed by atoms with Gasteiger partial charge in [0.05, 0.1) is 12.2 Å². The summed E-state index contributed by atoms with van der Waals surface area (Å²) in [6, 6.07) is 8.06. The summed E-state index contributed by atoms with van der Waals surface area (Å²) in [5.74, 6) is 0.0920. The van der Waals surface area contributed by atoms with Gasteiger partial charge in [0, 0.05) is 23.7 Å². The lowest BCUT2D eigenvalue weighted by Crippen LogP contribution is -2.38. The van der Waals surface area contributed by atoms with Crippen LogP contribution in [0.3, 0.4) is 0 Å². The van der Waals surface area contributed by atoms with E-state index in [2.05, 4.69) is 5.32 Å². The van der Waals surface area contributed by atoms with E-state index < -0.39 is 11.9 Å². The van der Waals surface area contributed by atoms with Gasteiger partial charge in [-0.15, -0.1) is 11.8 Å². The van der Waals surface area contributed by atoms with Crippen molar-refractivity contribution < 1.29 is 19.1 Å². The van der Waals surface area contributed by atoms with E-state index in [1.165, 1.54) is 22.2 Å². The molecule has 9 heteroatoms. The number of carbonyl (C=O) groups excluding carboxylic acids is 3. The van der Waals surface area contributed by atoms with E-state index in [-0.39, 0.29) is 25.5 Å². The highest BCUT2D eigenvalue weighted by molar-refractivity contribution is 8.23. The predicted octanol–water partition coefficient (Wildman–Crippen LogP) is 2.00. The number of ether oxygens (including phenoxy) is 1. The Bertz CT molecular complexity index is 663. The maximum absolute atomic E-state index is 11.7. The molecule has 6 nitrogen and oxygen atoms in total. The summed E-state index contributed by atoms with van der Waals surface area (Å²) in [7, 11) is 0. The zero-order valence-corrected chi connectivity index (χ0v) is 16.8. The fourth-order valence-corrected chi connectivity index (χ4v) is 4.01. The molecular weight excluding hydrogens is 392 g/mol. The van der Waals surface area contributed by atoms with Crippen molar-refractivity contribution in [2.75, 3.05) is 31.2 Å². The second kappa shape index (κ2) is 10.5. The van der Waals surface area contributed by atoms with Gasteiger partial charge in [0.1, 0.15) is 4.32 Å². The van der Waals surface area contributed by atoms with Crippen molar-refractivity contribution in [3.63, 3.8) is 0 Å². The Labute approximate surface area is 166 Å². The highest BCUT2D eigenvalue weighted by Crippen LogP contribution is 2.19. The van der Waals surface area contributed by atoms with E-state index in [0.29, 0.717) is 22.4 Å². The molecule has 1 heterocycles. The number of esters is 1. The number of rotatable bonds is 9. The van der Waals surface area contributed by atoms with Crippen molar-refractivity contribution in [3.05, 3.63) is 29.8 Å². The first-order valence-electron chi connectivity index (χ1n) is 8.04. The van der Waals surface area contributed by atoms with E-state index in [4.69, 9.17) is 17.0 Å². The SMILES string of the molecule is Cc1ccc(SCCC(=O)OCC(=O)NCCN2C(=O)CSC2=S)cc1. The van der Waals surface area contributed by atoms with Crippen molar-refractivity contribution in [3.8, 4) is 0 Å². The number of thioether (sulfide) groups is 2. The van der Waals surface area contributed by atoms with Gasteiger partial charge in [0.25, 0.3) is 5.91 Å². The van der Waals surface area contributed by atoms with Gasteiger partial charge in [-0.05, 0) is 19.1 Å². The van der Waals surface area contributed by atoms with Crippen LogP contribution in [0, 0.1) is 6.92 Å². The highest BCUT2D eigenvalue weighted by Gasteiger charge is 2.25. The summed E-state index contributed by atoms with van der Waals surface area (Å²) in [5, 5.41) is 2.61. The number of hydrogen-bond acceptors (Lipinski definition) is 7. The van der Waals surface area contributed by atoms with Crippen LogP contribution in [0.15, 0.2) is 29.2 Å². The number of hydrogen-bond donors (Lipinski definition) is 1. The summed E-state index contributed by atoms with van der Waals surface area (Å²) in [5.41, 5.74) is 1.19. The Balaban J connectivity index is 1.55. The van der Waals surface area contributed by atoms with Crippen LogP contribution in [0.2, 0.25) is 0 Å². The van der Waals surface area contributed by atoms with Crippen LogP contribution < -0.4 is 5.32 Å². The first-order valence-corrected chi connectivity index (χ1v) is 10.4. The summed E-state index contributed by atoms with van der Waals surface area (Å²) >= 11 is 7.93. The molecule has 1 N–H and O–H groups in total. The average Bonchev–Trinajstić information content (AvgIpc) is 2.93. The minimum Gasteiger partial charge on any atom is -0.456 e. The second-order valence-corrected chi connectivity index (χ2v) is 8.30. The van der Waals surface area contributed by atoms with Crippen molar-refractivity contribution >= 4 is 57.8 Å². The first kappa shape index (κ1) is 20.7. The minimum atomic E-state index is -0.410. The molecule has 1 aromatic carbocycles. The maximum Gasteiger partial charge on any atom is 0.307 e. The van der Waals surface area contributed by atoms with E-state index in [1.54, 1.807) is 11.8 Å². The van der Waals surface area contributed by atoms with Crippen LogP contribution in [-0.4, -0.2) is 58.2 Å². The quantitative estimate of drug-likeness (QED) is 0.378. The van der Waals surface area contributed by atoms with E-state index in [9.17, 15) is 14.4 Å². The molecule has 0 aromatic heterocycles. The number of carbonyl (C=O) groups is 3. The third-order valence-corrected chi connectivity index (χ3v) is 5.90. The zero-order valence-electron chi connectivity index (χ0n) is 14.4. The molecule has 140 valence electrons. The number of nitrogens with one attached hydrogen (secondary N) is 1. The Kier molecular flexibility index (Phi) is 8.40. The van der Waals surface area contributed by atoms with Crippen LogP contribution in [0.5, 0.6) is 0 Å². The topological polar surface area (TPSA) is 75.7 Å². The van der Waals surface area contributed by atoms with Gasteiger partial charge in [0.15, 0.2) is 6.61 Å². The fraction of sp³-hybridized carbons (Fsp3) is 0.412. The van der Waals surface area contributed by atoms with Crippen LogP contribution >= 0.6 is 35.7 Å². The summed E-state index contributed by atoms with van der Waals surface area (Å²) in [4.78, 5) is 37.4. The standard InChI is InChI=1S/C17H20N2O4S3/c1-12-2-4-13(5-3-12)25-9-6-16(22)23-10-14(20)18-7-8-19-15(21)11-26-17(19)24/h2-5H,6-11H2,1H3,(H,18,20). The molecule has 26 heavy (non-hydrogen) atoms. The van der Waals surface area contributed by atoms with Crippen molar-refractivity contribution in [2.24, 2.45) is 0 Å². The van der Waals surface area contributed by atoms with Crippen LogP contribution in [0.4, 0.5) is 0 Å². The molecule has 1 fully saturated rings. The number of amides is 2. The van der Waals surface area contributed by atoms with E-state index >= 15 is 0 Å². The van der Waals surface area contributed by atoms with Crippen LogP contribution in [0.25, 0.3) is 0 Å². The van der Waals surface area contributed by atoms with Crippen molar-refractivity contribution in [2.45, 2.75) is 18.2 Å². The number of nitrogens with zero attached hydrogens (tertiary/aromatic N) is 1. The zero-order chi connectivity index (χ0) is 18.9. The van der Waals surface area contributed by atoms with Gasteiger partial charge >= 0.3 is 5.97 Å². The molecule has 0 bridgehead atoms. The predicted molar refractivity (Wildman–Crippen MR) is 107 cm³/mol. The third kappa shape index (κ3) is 6.97. The number of thiocarbonyl (C=S) groups is 1. The van der Waals surface area contributed by atoms with Crippen molar-refractivity contribution in [1.82, 2.24) is 10.2 Å². The highest BCUT2D eigenvalue weighted by atomic mass is 32.2. The molecule has 0 aliphatic carbocycles. The molecule has 1 aromatic rings. The molecule has 1 aliphatic heterocycles. The molecule has 2 amide bonds. The smallest absolute Gasteiger partial charge is 0.307 e. The van der Waals surface area contributed by atoms with Gasteiger partial charge in [-0.25, -0.2) is 0 Å². The molecule has 1 saturated heterocycles. The van der Waals surface area contributed by atoms with Crippen molar-refractivity contribution in [1.29, 1.82) is 0 Å². The summed E-state index contributed by atoms with van der Waals surface area (Å²) in [6.07, 6.45) is 0.236. The lowest BCUT2D eigenvalue weighted by atomic mass is 10.2. The molecule has 1 aliphatic rings. The van der Waals surface area contributed by atoms with Gasteiger partial charge in [-0.1, -0.05) is 41.7 Å². The van der Waals surface area contributed by atoms with E-state index in [0.717, 1.165) is 4.90 Å². The Morgan fingerprint density at radius 3 is 2.73 bits per heavy atom. The molecule has 2 rings (SSSR count). The molecule has 0 unspecified atom stereocenters. The Hall–Kier alpha value is -1.58. The monoisotopic (exact) mass is 412 g/mol. The first-order chi connectivity index (χ1) is 12.5. The lowest BCUT2D eigenvalue weighted by Gasteiger charge is -2.15. The fourth-order valence-electron chi connectivity index (χ4n) is 2.06. The normalized spacial score (nSPS) is 13.8. The van der Waals surface area contributed by atoms with Gasteiger partial charge < -0.3 is 10.1 Å². The molecule has 0 radical (unpaired) electrons. The summed E-state index contributed by atoms with van der Waals surface area (Å²) < 4.78 is 5.48. The van der Waals surface area contributed by atoms with E-state index in [1.807, 2.05) is 31.2 Å². The maximum atomic E-state index is 11.7. The van der Waals surface area contributed by atoms with Gasteiger partial charge in [-0.2, -0.15) is 0 Å². The van der Waals surface area contributed by atoms with Crippen LogP contribution in [0.1, 0.15) is 12.0 Å². The number of benzene rings is 1. The molecule has 0 saturated carbocycles. The largest absolute Gasteiger partial charge is 0.456 e. The molecular formula is C17H20N2O4S3. The Morgan fingerprint density at radius 1 is 1.35 bits per heavy atom. The molecule has 0 atom stereocenters. The Morgan fingerprint density at radius 2 is 2.08 bits per heavy atom. The number of aryl methyl sites for hydroxylation is 1. The second-order valence-electron chi connectivity index (χ2n) is 5.52. The third-order valence-electron chi connectivity index (χ3n) is 3.46. The lowest BCUT2D eigenvalue weighted by molar-refractivity contribution is -0.148. The van der Waals surface area contributed by atoms with Gasteiger partial charge in [0.2, 0.25) is 5.91 Å².